The molecule has 134 valence electrons. The molecular weight excluding hydrogens is 322 g/mol. The van der Waals surface area contributed by atoms with Gasteiger partial charge in [0.15, 0.2) is 0 Å². The average Bonchev–Trinajstić information content (AvgIpc) is 2.63. The van der Waals surface area contributed by atoms with Crippen LogP contribution in [-0.2, 0) is 20.9 Å². The van der Waals surface area contributed by atoms with Crippen molar-refractivity contribution < 1.29 is 19.1 Å². The van der Waals surface area contributed by atoms with E-state index in [9.17, 15) is 14.4 Å². The number of benzene rings is 1. The minimum atomic E-state index is -0.241. The number of hydrogen-bond acceptors (Lipinski definition) is 4. The molecule has 0 aromatic heterocycles. The number of carbonyl (C=O) groups excluding carboxylic acids is 3. The normalized spacial score (nSPS) is 21.1. The molecule has 1 aromatic carbocycles. The van der Waals surface area contributed by atoms with E-state index in [1.165, 1.54) is 0 Å². The van der Waals surface area contributed by atoms with Crippen molar-refractivity contribution in [3.05, 3.63) is 29.8 Å². The first kappa shape index (κ1) is 17.3. The van der Waals surface area contributed by atoms with Crippen molar-refractivity contribution in [2.75, 3.05) is 33.3 Å². The van der Waals surface area contributed by atoms with Crippen molar-refractivity contribution >= 4 is 17.7 Å². The third-order valence-corrected chi connectivity index (χ3v) is 4.71. The molecular formula is C18H23N3O4. The van der Waals surface area contributed by atoms with Gasteiger partial charge in [0, 0.05) is 32.6 Å². The van der Waals surface area contributed by atoms with Gasteiger partial charge in [-0.25, -0.2) is 0 Å². The first-order chi connectivity index (χ1) is 12.1. The van der Waals surface area contributed by atoms with E-state index >= 15 is 0 Å². The van der Waals surface area contributed by atoms with Crippen LogP contribution in [0.15, 0.2) is 24.3 Å². The van der Waals surface area contributed by atoms with Gasteiger partial charge in [-0.15, -0.1) is 0 Å². The highest BCUT2D eigenvalue weighted by molar-refractivity contribution is 5.88. The maximum Gasteiger partial charge on any atom is 0.239 e. The van der Waals surface area contributed by atoms with Crippen LogP contribution in [0.1, 0.15) is 18.4 Å². The minimum absolute atomic E-state index is 0.0296. The molecule has 0 aliphatic carbocycles. The van der Waals surface area contributed by atoms with Gasteiger partial charge in [-0.3, -0.25) is 14.4 Å². The van der Waals surface area contributed by atoms with Gasteiger partial charge in [-0.05, 0) is 24.1 Å². The fourth-order valence-electron chi connectivity index (χ4n) is 3.35. The molecule has 1 N–H and O–H groups in total. The Bertz CT molecular complexity index is 676. The van der Waals surface area contributed by atoms with Gasteiger partial charge in [0.25, 0.3) is 0 Å². The number of ether oxygens (including phenoxy) is 1. The maximum absolute atomic E-state index is 12.7. The lowest BCUT2D eigenvalue weighted by Crippen LogP contribution is -2.54. The molecule has 3 amide bonds. The second-order valence-electron chi connectivity index (χ2n) is 6.47. The molecule has 1 unspecified atom stereocenters. The predicted molar refractivity (Wildman–Crippen MR) is 90.7 cm³/mol. The lowest BCUT2D eigenvalue weighted by Gasteiger charge is -2.36. The van der Waals surface area contributed by atoms with Gasteiger partial charge < -0.3 is 19.9 Å². The fraction of sp³-hybridized carbons (Fsp3) is 0.500. The molecule has 1 atom stereocenters. The van der Waals surface area contributed by atoms with Crippen molar-refractivity contribution in [3.8, 4) is 5.75 Å². The molecule has 3 rings (SSSR count). The number of likely N-dealkylation sites (tertiary alicyclic amines) is 1. The Kier molecular flexibility index (Phi) is 5.21. The Morgan fingerprint density at radius 1 is 1.36 bits per heavy atom. The van der Waals surface area contributed by atoms with Crippen molar-refractivity contribution in [3.63, 3.8) is 0 Å². The van der Waals surface area contributed by atoms with Crippen LogP contribution < -0.4 is 10.1 Å². The summed E-state index contributed by atoms with van der Waals surface area (Å²) in [7, 11) is 1.61. The number of amides is 3. The van der Waals surface area contributed by atoms with Gasteiger partial charge in [0.05, 0.1) is 19.6 Å². The fourth-order valence-corrected chi connectivity index (χ4v) is 3.35. The molecule has 0 radical (unpaired) electrons. The van der Waals surface area contributed by atoms with E-state index in [1.807, 2.05) is 24.3 Å². The van der Waals surface area contributed by atoms with Crippen molar-refractivity contribution in [1.82, 2.24) is 15.1 Å². The molecule has 2 aliphatic heterocycles. The first-order valence-corrected chi connectivity index (χ1v) is 8.53. The largest absolute Gasteiger partial charge is 0.497 e. The zero-order chi connectivity index (χ0) is 17.8. The lowest BCUT2D eigenvalue weighted by molar-refractivity contribution is -0.146. The van der Waals surface area contributed by atoms with Crippen LogP contribution in [0.4, 0.5) is 0 Å². The van der Waals surface area contributed by atoms with Crippen molar-refractivity contribution in [2.24, 2.45) is 5.92 Å². The monoisotopic (exact) mass is 345 g/mol. The van der Waals surface area contributed by atoms with E-state index in [-0.39, 0.29) is 30.2 Å². The number of nitrogens with one attached hydrogen (secondary N) is 1. The maximum atomic E-state index is 12.7. The smallest absolute Gasteiger partial charge is 0.239 e. The number of rotatable bonds is 4. The van der Waals surface area contributed by atoms with Gasteiger partial charge in [-0.1, -0.05) is 12.1 Å². The minimum Gasteiger partial charge on any atom is -0.497 e. The van der Waals surface area contributed by atoms with Gasteiger partial charge in [0.2, 0.25) is 17.7 Å². The first-order valence-electron chi connectivity index (χ1n) is 8.53. The van der Waals surface area contributed by atoms with Crippen LogP contribution >= 0.6 is 0 Å². The SMILES string of the molecule is COc1cccc(CN2CC(C(=O)N3CCNC(=O)C3)CCC2=O)c1. The van der Waals surface area contributed by atoms with Gasteiger partial charge in [-0.2, -0.15) is 0 Å². The molecule has 0 bridgehead atoms. The van der Waals surface area contributed by atoms with Gasteiger partial charge in [0.1, 0.15) is 5.75 Å². The number of methoxy groups -OCH3 is 1. The Morgan fingerprint density at radius 3 is 2.96 bits per heavy atom. The number of carbonyl (C=O) groups is 3. The highest BCUT2D eigenvalue weighted by atomic mass is 16.5. The van der Waals surface area contributed by atoms with Crippen molar-refractivity contribution in [2.45, 2.75) is 19.4 Å². The molecule has 25 heavy (non-hydrogen) atoms. The second kappa shape index (κ2) is 7.55. The van der Waals surface area contributed by atoms with E-state index in [2.05, 4.69) is 5.32 Å². The molecule has 1 aromatic rings. The van der Waals surface area contributed by atoms with E-state index < -0.39 is 0 Å². The second-order valence-corrected chi connectivity index (χ2v) is 6.47. The molecule has 2 aliphatic rings. The summed E-state index contributed by atoms with van der Waals surface area (Å²) in [6.07, 6.45) is 0.908. The Morgan fingerprint density at radius 2 is 2.20 bits per heavy atom. The molecule has 7 nitrogen and oxygen atoms in total. The van der Waals surface area contributed by atoms with Crippen LogP contribution in [0, 0.1) is 5.92 Å². The molecule has 7 heteroatoms. The highest BCUT2D eigenvalue weighted by Crippen LogP contribution is 2.23. The summed E-state index contributed by atoms with van der Waals surface area (Å²) in [5.74, 6) is 0.407. The number of piperidine rings is 1. The molecule has 0 spiro atoms. The lowest BCUT2D eigenvalue weighted by atomic mass is 9.95. The van der Waals surface area contributed by atoms with Crippen LogP contribution in [0.2, 0.25) is 0 Å². The average molecular weight is 345 g/mol. The molecule has 2 saturated heterocycles. The van der Waals surface area contributed by atoms with Crippen LogP contribution in [0.5, 0.6) is 5.75 Å². The summed E-state index contributed by atoms with van der Waals surface area (Å²) >= 11 is 0. The standard InChI is InChI=1S/C18H23N3O4/c1-25-15-4-2-3-13(9-15)10-21-11-14(5-6-17(21)23)18(24)20-8-7-19-16(22)12-20/h2-4,9,14H,5-8,10-12H2,1H3,(H,19,22). The van der Waals surface area contributed by atoms with E-state index in [0.717, 1.165) is 11.3 Å². The van der Waals surface area contributed by atoms with Crippen LogP contribution in [0.3, 0.4) is 0 Å². The van der Waals surface area contributed by atoms with E-state index in [0.29, 0.717) is 39.0 Å². The Labute approximate surface area is 146 Å². The highest BCUT2D eigenvalue weighted by Gasteiger charge is 2.34. The summed E-state index contributed by atoms with van der Waals surface area (Å²) in [6.45, 7) is 1.99. The predicted octanol–water partition coefficient (Wildman–Crippen LogP) is 0.392. The molecule has 2 heterocycles. The summed E-state index contributed by atoms with van der Waals surface area (Å²) in [5.41, 5.74) is 0.971. The number of nitrogens with zero attached hydrogens (tertiary/aromatic N) is 2. The third kappa shape index (κ3) is 4.10. The summed E-state index contributed by atoms with van der Waals surface area (Å²) in [4.78, 5) is 39.8. The topological polar surface area (TPSA) is 79.0 Å². The van der Waals surface area contributed by atoms with E-state index in [4.69, 9.17) is 4.74 Å². The van der Waals surface area contributed by atoms with Crippen LogP contribution in [0.25, 0.3) is 0 Å². The molecule has 0 saturated carbocycles. The van der Waals surface area contributed by atoms with Crippen molar-refractivity contribution in [1.29, 1.82) is 0 Å². The summed E-state index contributed by atoms with van der Waals surface area (Å²) in [5, 5.41) is 2.72. The number of hydrogen-bond donors (Lipinski definition) is 1. The summed E-state index contributed by atoms with van der Waals surface area (Å²) in [6, 6.07) is 7.58. The van der Waals surface area contributed by atoms with Crippen LogP contribution in [-0.4, -0.2) is 60.8 Å². The third-order valence-electron chi connectivity index (χ3n) is 4.71. The number of piperazine rings is 1. The van der Waals surface area contributed by atoms with Gasteiger partial charge >= 0.3 is 0 Å². The quantitative estimate of drug-likeness (QED) is 0.856. The Balaban J connectivity index is 1.65. The zero-order valence-corrected chi connectivity index (χ0v) is 14.4. The Hall–Kier alpha value is -2.57. The zero-order valence-electron chi connectivity index (χ0n) is 14.4. The van der Waals surface area contributed by atoms with E-state index in [1.54, 1.807) is 16.9 Å². The molecule has 2 fully saturated rings. The summed E-state index contributed by atoms with van der Waals surface area (Å²) < 4.78 is 5.22.